The highest BCUT2D eigenvalue weighted by Gasteiger charge is 2.55. The van der Waals surface area contributed by atoms with Gasteiger partial charge in [-0.2, -0.15) is 5.10 Å². The highest BCUT2D eigenvalue weighted by molar-refractivity contribution is 6.31. The third-order valence-electron chi connectivity index (χ3n) is 11.6. The number of aryl methyl sites for hydroxylation is 2. The maximum absolute atomic E-state index is 15.3. The van der Waals surface area contributed by atoms with Gasteiger partial charge in [-0.3, -0.25) is 14.5 Å². The Bertz CT molecular complexity index is 1690. The van der Waals surface area contributed by atoms with E-state index in [1.165, 1.54) is 12.1 Å². The minimum Gasteiger partial charge on any atom is -0.381 e. The van der Waals surface area contributed by atoms with Crippen LogP contribution in [0.4, 0.5) is 8.78 Å². The molecule has 4 atom stereocenters. The monoisotopic (exact) mass is 682 g/mol. The third-order valence-corrected chi connectivity index (χ3v) is 12.0. The van der Waals surface area contributed by atoms with Crippen LogP contribution in [0.1, 0.15) is 92.7 Å². The second-order valence-electron chi connectivity index (χ2n) is 14.8. The summed E-state index contributed by atoms with van der Waals surface area (Å²) in [6, 6.07) is 6.21. The summed E-state index contributed by atoms with van der Waals surface area (Å²) in [5.74, 6) is -1.14. The zero-order valence-corrected chi connectivity index (χ0v) is 29.1. The fourth-order valence-corrected chi connectivity index (χ4v) is 9.03. The predicted molar refractivity (Wildman–Crippen MR) is 177 cm³/mol. The van der Waals surface area contributed by atoms with E-state index in [0.29, 0.717) is 55.4 Å². The number of halogens is 3. The van der Waals surface area contributed by atoms with Crippen LogP contribution in [-0.4, -0.2) is 80.9 Å². The highest BCUT2D eigenvalue weighted by atomic mass is 35.5. The first-order valence-electron chi connectivity index (χ1n) is 17.1. The Kier molecular flexibility index (Phi) is 8.88. The molecule has 48 heavy (non-hydrogen) atoms. The Hall–Kier alpha value is -2.99. The summed E-state index contributed by atoms with van der Waals surface area (Å²) in [6.45, 7) is 8.50. The molecule has 1 amide bonds. The van der Waals surface area contributed by atoms with Crippen molar-refractivity contribution in [2.75, 3.05) is 33.4 Å². The molecular formula is C36H45ClF2N6O3. The number of nitrogens with zero attached hydrogens (tertiary/aromatic N) is 6. The standard InChI is InChI=1S/C36H45ClF2N6O3/c1-21-29(37)19-28-31(42-21)36(48-32(28)35(2,3)34-40-20-41-44(34)5)10-12-45(13-11-36)33(46)27-18-24(43(4)23-8-14-47-15-9-23)17-26(27)25-7-6-22(38)16-30(25)39/h6-7,16,19-20,23-24,26-27,32H,8-15,17-18H2,1-5H3/t24?,26-,27+,32-/m0/s1. The third kappa shape index (κ3) is 5.74. The van der Waals surface area contributed by atoms with E-state index in [9.17, 15) is 9.18 Å². The van der Waals surface area contributed by atoms with E-state index in [1.54, 1.807) is 11.0 Å². The van der Waals surface area contributed by atoms with Crippen LogP contribution in [-0.2, 0) is 32.3 Å². The van der Waals surface area contributed by atoms with E-state index < -0.39 is 28.6 Å². The Morgan fingerprint density at radius 3 is 2.48 bits per heavy atom. The molecular weight excluding hydrogens is 638 g/mol. The Balaban J connectivity index is 1.14. The number of amides is 1. The Labute approximate surface area is 286 Å². The van der Waals surface area contributed by atoms with Crippen molar-refractivity contribution in [2.24, 2.45) is 13.0 Å². The first-order chi connectivity index (χ1) is 22.9. The number of carbonyl (C=O) groups excluding carboxylic acids is 1. The summed E-state index contributed by atoms with van der Waals surface area (Å²) in [4.78, 5) is 28.3. The number of rotatable bonds is 6. The molecule has 258 valence electrons. The normalized spacial score (nSPS) is 26.1. The SMILES string of the molecule is Cc1nc2c(cc1Cl)[C@@H](C(C)(C)c1ncnn1C)OC21CCN(C(=O)[C@@H]2CC(N(C)C3CCOCC3)C[C@H]2c2ccc(F)cc2F)CC1. The lowest BCUT2D eigenvalue weighted by molar-refractivity contribution is -0.152. The van der Waals surface area contributed by atoms with Gasteiger partial charge in [-0.15, -0.1) is 0 Å². The summed E-state index contributed by atoms with van der Waals surface area (Å²) in [6.07, 6.45) is 5.45. The Morgan fingerprint density at radius 2 is 1.81 bits per heavy atom. The number of hydrogen-bond donors (Lipinski definition) is 0. The summed E-state index contributed by atoms with van der Waals surface area (Å²) in [5, 5.41) is 4.89. The van der Waals surface area contributed by atoms with Crippen LogP contribution in [0.2, 0.25) is 5.02 Å². The summed E-state index contributed by atoms with van der Waals surface area (Å²) >= 11 is 6.63. The first kappa shape index (κ1) is 33.5. The second-order valence-corrected chi connectivity index (χ2v) is 15.2. The maximum atomic E-state index is 15.3. The molecule has 1 unspecified atom stereocenters. The van der Waals surface area contributed by atoms with Gasteiger partial charge in [-0.05, 0) is 90.0 Å². The molecule has 7 rings (SSSR count). The van der Waals surface area contributed by atoms with Gasteiger partial charge in [0, 0.05) is 63.0 Å². The van der Waals surface area contributed by atoms with Gasteiger partial charge < -0.3 is 19.3 Å². The van der Waals surface area contributed by atoms with Crippen molar-refractivity contribution in [1.82, 2.24) is 29.5 Å². The topological polar surface area (TPSA) is 85.6 Å². The van der Waals surface area contributed by atoms with Crippen LogP contribution < -0.4 is 0 Å². The van der Waals surface area contributed by atoms with E-state index in [4.69, 9.17) is 26.1 Å². The lowest BCUT2D eigenvalue weighted by Gasteiger charge is -2.41. The van der Waals surface area contributed by atoms with Gasteiger partial charge in [-0.25, -0.2) is 13.8 Å². The molecule has 0 bridgehead atoms. The molecule has 0 radical (unpaired) electrons. The van der Waals surface area contributed by atoms with E-state index in [0.717, 1.165) is 54.9 Å². The van der Waals surface area contributed by atoms with Crippen molar-refractivity contribution in [3.63, 3.8) is 0 Å². The van der Waals surface area contributed by atoms with Gasteiger partial charge in [0.2, 0.25) is 5.91 Å². The number of likely N-dealkylation sites (tertiary alicyclic amines) is 1. The quantitative estimate of drug-likeness (QED) is 0.316. The van der Waals surface area contributed by atoms with Crippen LogP contribution >= 0.6 is 11.6 Å². The van der Waals surface area contributed by atoms with Crippen LogP contribution in [0.25, 0.3) is 0 Å². The van der Waals surface area contributed by atoms with Gasteiger partial charge in [0.25, 0.3) is 0 Å². The molecule has 1 aromatic carbocycles. The second kappa shape index (κ2) is 12.7. The van der Waals surface area contributed by atoms with E-state index in [1.807, 2.05) is 24.9 Å². The van der Waals surface area contributed by atoms with Gasteiger partial charge >= 0.3 is 0 Å². The molecule has 3 fully saturated rings. The molecule has 2 saturated heterocycles. The molecule has 0 N–H and O–H groups in total. The van der Waals surface area contributed by atoms with Crippen molar-refractivity contribution < 1.29 is 23.0 Å². The number of hydrogen-bond acceptors (Lipinski definition) is 7. The number of aromatic nitrogens is 4. The lowest BCUT2D eigenvalue weighted by Crippen LogP contribution is -2.48. The molecule has 1 spiro atoms. The van der Waals surface area contributed by atoms with Crippen molar-refractivity contribution in [3.05, 3.63) is 75.6 Å². The van der Waals surface area contributed by atoms with Crippen LogP contribution in [0, 0.1) is 24.5 Å². The van der Waals surface area contributed by atoms with Gasteiger partial charge in [0.1, 0.15) is 29.4 Å². The zero-order chi connectivity index (χ0) is 34.0. The number of pyridine rings is 1. The van der Waals surface area contributed by atoms with Gasteiger partial charge in [0.15, 0.2) is 0 Å². The highest BCUT2D eigenvalue weighted by Crippen LogP contribution is 2.55. The molecule has 4 aliphatic rings. The number of benzene rings is 1. The summed E-state index contributed by atoms with van der Waals surface area (Å²) in [5.41, 5.74) is 1.75. The van der Waals surface area contributed by atoms with Crippen LogP contribution in [0.15, 0.2) is 30.6 Å². The molecule has 2 aromatic heterocycles. The number of carbonyl (C=O) groups is 1. The molecule has 5 heterocycles. The van der Waals surface area contributed by atoms with Gasteiger partial charge in [-0.1, -0.05) is 17.7 Å². The van der Waals surface area contributed by atoms with E-state index in [2.05, 4.69) is 35.9 Å². The first-order valence-corrected chi connectivity index (χ1v) is 17.5. The molecule has 3 aromatic rings. The Morgan fingerprint density at radius 1 is 1.08 bits per heavy atom. The van der Waals surface area contributed by atoms with Gasteiger partial charge in [0.05, 0.1) is 27.9 Å². The summed E-state index contributed by atoms with van der Waals surface area (Å²) < 4.78 is 43.7. The molecule has 3 aliphatic heterocycles. The average Bonchev–Trinajstić information content (AvgIpc) is 3.79. The van der Waals surface area contributed by atoms with Crippen molar-refractivity contribution >= 4 is 17.5 Å². The average molecular weight is 683 g/mol. The fourth-order valence-electron chi connectivity index (χ4n) is 8.87. The fraction of sp³-hybridized carbons (Fsp3) is 0.611. The predicted octanol–water partition coefficient (Wildman–Crippen LogP) is 5.99. The van der Waals surface area contributed by atoms with E-state index >= 15 is 4.39 Å². The number of fused-ring (bicyclic) bond motifs is 2. The van der Waals surface area contributed by atoms with E-state index in [-0.39, 0.29) is 24.0 Å². The largest absolute Gasteiger partial charge is 0.381 e. The van der Waals surface area contributed by atoms with Crippen LogP contribution in [0.5, 0.6) is 0 Å². The van der Waals surface area contributed by atoms with Crippen LogP contribution in [0.3, 0.4) is 0 Å². The summed E-state index contributed by atoms with van der Waals surface area (Å²) in [7, 11) is 3.99. The lowest BCUT2D eigenvalue weighted by atomic mass is 9.80. The minimum atomic E-state index is -0.689. The number of piperidine rings is 1. The van der Waals surface area contributed by atoms with Crippen molar-refractivity contribution in [1.29, 1.82) is 0 Å². The molecule has 12 heteroatoms. The number of ether oxygens (including phenoxy) is 2. The molecule has 1 aliphatic carbocycles. The zero-order valence-electron chi connectivity index (χ0n) is 28.4. The smallest absolute Gasteiger partial charge is 0.226 e. The molecule has 1 saturated carbocycles. The minimum absolute atomic E-state index is 0.0240. The van der Waals surface area contributed by atoms with Crippen molar-refractivity contribution in [2.45, 2.75) is 94.4 Å². The molecule has 9 nitrogen and oxygen atoms in total. The maximum Gasteiger partial charge on any atom is 0.226 e. The van der Waals surface area contributed by atoms with Crippen molar-refractivity contribution in [3.8, 4) is 0 Å².